The summed E-state index contributed by atoms with van der Waals surface area (Å²) >= 11 is 5.79. The minimum absolute atomic E-state index is 0.0649. The van der Waals surface area contributed by atoms with E-state index < -0.39 is 6.03 Å². The van der Waals surface area contributed by atoms with Crippen LogP contribution < -0.4 is 15.4 Å². The van der Waals surface area contributed by atoms with E-state index in [0.29, 0.717) is 16.6 Å². The summed E-state index contributed by atoms with van der Waals surface area (Å²) in [6.07, 6.45) is 1.51. The van der Waals surface area contributed by atoms with Gasteiger partial charge in [-0.05, 0) is 31.2 Å². The first-order valence-corrected chi connectivity index (χ1v) is 6.37. The third-order valence-electron chi connectivity index (χ3n) is 2.46. The summed E-state index contributed by atoms with van der Waals surface area (Å²) < 4.78 is 5.37. The van der Waals surface area contributed by atoms with Crippen molar-refractivity contribution in [3.05, 3.63) is 53.2 Å². The highest BCUT2D eigenvalue weighted by Crippen LogP contribution is 2.12. The van der Waals surface area contributed by atoms with Crippen molar-refractivity contribution in [1.82, 2.24) is 10.3 Å². The topological polar surface area (TPSA) is 63.2 Å². The maximum atomic E-state index is 11.6. The maximum absolute atomic E-state index is 11.6. The Balaban J connectivity index is 1.76. The van der Waals surface area contributed by atoms with Crippen LogP contribution in [0.3, 0.4) is 0 Å². The largest absolute Gasteiger partial charge is 0.473 e. The quantitative estimate of drug-likeness (QED) is 0.850. The van der Waals surface area contributed by atoms with Crippen molar-refractivity contribution in [2.45, 2.75) is 6.92 Å². The Morgan fingerprint density at radius 3 is 2.75 bits per heavy atom. The molecule has 5 nitrogen and oxygen atoms in total. The van der Waals surface area contributed by atoms with Gasteiger partial charge >= 0.3 is 6.03 Å². The van der Waals surface area contributed by atoms with Crippen molar-refractivity contribution in [3.63, 3.8) is 0 Å². The molecule has 2 rings (SSSR count). The molecule has 0 fully saturated rings. The van der Waals surface area contributed by atoms with Crippen LogP contribution in [-0.2, 0) is 0 Å². The highest BCUT2D eigenvalue weighted by molar-refractivity contribution is 6.30. The molecule has 2 aromatic rings. The number of anilines is 1. The van der Waals surface area contributed by atoms with Gasteiger partial charge in [0.05, 0.1) is 0 Å². The van der Waals surface area contributed by atoms with Gasteiger partial charge in [0.15, 0.2) is 6.73 Å². The van der Waals surface area contributed by atoms with Crippen LogP contribution in [0.1, 0.15) is 5.56 Å². The fourth-order valence-corrected chi connectivity index (χ4v) is 1.61. The van der Waals surface area contributed by atoms with Crippen LogP contribution in [-0.4, -0.2) is 17.7 Å². The minimum atomic E-state index is -0.410. The van der Waals surface area contributed by atoms with Gasteiger partial charge in [-0.15, -0.1) is 0 Å². The van der Waals surface area contributed by atoms with Gasteiger partial charge in [0.2, 0.25) is 0 Å². The van der Waals surface area contributed by atoms with E-state index in [9.17, 15) is 4.79 Å². The number of pyridine rings is 1. The number of nitrogens with one attached hydrogen (secondary N) is 2. The summed E-state index contributed by atoms with van der Waals surface area (Å²) in [7, 11) is 0. The summed E-state index contributed by atoms with van der Waals surface area (Å²) in [6.45, 7) is 2.06. The van der Waals surface area contributed by atoms with Crippen LogP contribution in [0.2, 0.25) is 5.02 Å². The average Bonchev–Trinajstić information content (AvgIpc) is 2.41. The smallest absolute Gasteiger partial charge is 0.323 e. The Morgan fingerprint density at radius 2 is 2.05 bits per heavy atom. The van der Waals surface area contributed by atoms with Gasteiger partial charge in [0, 0.05) is 11.2 Å². The predicted octanol–water partition coefficient (Wildman–Crippen LogP) is 3.20. The number of nitrogens with zero attached hydrogens (tertiary/aromatic N) is 1. The summed E-state index contributed by atoms with van der Waals surface area (Å²) in [5, 5.41) is 5.62. The number of hydrogen-bond donors (Lipinski definition) is 2. The third-order valence-corrected chi connectivity index (χ3v) is 2.69. The van der Waals surface area contributed by atoms with Crippen LogP contribution in [0, 0.1) is 6.92 Å². The number of halogens is 1. The summed E-state index contributed by atoms with van der Waals surface area (Å²) in [5.74, 6) is 1.07. The second-order valence-corrected chi connectivity index (χ2v) is 4.53. The Hall–Kier alpha value is -2.27. The molecule has 2 amide bonds. The van der Waals surface area contributed by atoms with Crippen molar-refractivity contribution in [1.29, 1.82) is 0 Å². The van der Waals surface area contributed by atoms with E-state index >= 15 is 0 Å². The molecule has 20 heavy (non-hydrogen) atoms. The molecule has 104 valence electrons. The highest BCUT2D eigenvalue weighted by atomic mass is 35.5. The second-order valence-electron chi connectivity index (χ2n) is 4.09. The van der Waals surface area contributed by atoms with Gasteiger partial charge in [-0.3, -0.25) is 5.32 Å². The molecule has 0 saturated carbocycles. The number of urea groups is 1. The van der Waals surface area contributed by atoms with Crippen LogP contribution in [0.4, 0.5) is 10.6 Å². The molecule has 1 aromatic carbocycles. The number of rotatable bonds is 4. The second kappa shape index (κ2) is 6.77. The minimum Gasteiger partial charge on any atom is -0.473 e. The van der Waals surface area contributed by atoms with E-state index in [-0.39, 0.29) is 6.73 Å². The van der Waals surface area contributed by atoms with Gasteiger partial charge < -0.3 is 10.1 Å². The molecule has 0 radical (unpaired) electrons. The van der Waals surface area contributed by atoms with E-state index in [0.717, 1.165) is 5.56 Å². The average molecular weight is 292 g/mol. The molecule has 0 saturated heterocycles. The molecule has 0 atom stereocenters. The van der Waals surface area contributed by atoms with Crippen molar-refractivity contribution in [2.24, 2.45) is 0 Å². The van der Waals surface area contributed by atoms with E-state index in [1.807, 2.05) is 31.2 Å². The van der Waals surface area contributed by atoms with Gasteiger partial charge in [-0.2, -0.15) is 0 Å². The first-order valence-electron chi connectivity index (χ1n) is 5.99. The molecule has 0 aliphatic heterocycles. The zero-order valence-electron chi connectivity index (χ0n) is 10.9. The SMILES string of the molecule is Cc1ccc(OCNC(=O)Nc2cc(Cl)ccn2)cc1. The zero-order chi connectivity index (χ0) is 14.4. The molecule has 2 N–H and O–H groups in total. The molecular weight excluding hydrogens is 278 g/mol. The Kier molecular flexibility index (Phi) is 4.79. The number of aryl methyl sites for hydroxylation is 1. The Morgan fingerprint density at radius 1 is 1.30 bits per heavy atom. The fraction of sp³-hybridized carbons (Fsp3) is 0.143. The first-order chi connectivity index (χ1) is 9.63. The standard InChI is InChI=1S/C14H14ClN3O2/c1-10-2-4-12(5-3-10)20-9-17-14(19)18-13-8-11(15)6-7-16-13/h2-8H,9H2,1H3,(H2,16,17,18,19). The predicted molar refractivity (Wildman–Crippen MR) is 78.1 cm³/mol. The number of carbonyl (C=O) groups is 1. The van der Waals surface area contributed by atoms with E-state index in [2.05, 4.69) is 15.6 Å². The lowest BCUT2D eigenvalue weighted by molar-refractivity contribution is 0.234. The zero-order valence-corrected chi connectivity index (χ0v) is 11.6. The summed E-state index contributed by atoms with van der Waals surface area (Å²) in [5.41, 5.74) is 1.15. The molecule has 1 aromatic heterocycles. The van der Waals surface area contributed by atoms with Gasteiger partial charge in [-0.1, -0.05) is 29.3 Å². The van der Waals surface area contributed by atoms with Crippen molar-refractivity contribution in [2.75, 3.05) is 12.0 Å². The summed E-state index contributed by atoms with van der Waals surface area (Å²) in [4.78, 5) is 15.5. The van der Waals surface area contributed by atoms with Crippen molar-refractivity contribution >= 4 is 23.4 Å². The lowest BCUT2D eigenvalue weighted by atomic mass is 10.2. The number of amides is 2. The molecule has 0 aliphatic carbocycles. The third kappa shape index (κ3) is 4.44. The Labute approximate surface area is 121 Å². The fourth-order valence-electron chi connectivity index (χ4n) is 1.45. The van der Waals surface area contributed by atoms with Crippen molar-refractivity contribution in [3.8, 4) is 5.75 Å². The number of aromatic nitrogens is 1. The normalized spacial score (nSPS) is 9.90. The number of carbonyl (C=O) groups excluding carboxylic acids is 1. The first kappa shape index (κ1) is 14.1. The maximum Gasteiger partial charge on any atom is 0.323 e. The molecule has 6 heteroatoms. The number of benzene rings is 1. The highest BCUT2D eigenvalue weighted by Gasteiger charge is 2.02. The number of ether oxygens (including phenoxy) is 1. The van der Waals surface area contributed by atoms with E-state index in [4.69, 9.17) is 16.3 Å². The van der Waals surface area contributed by atoms with Crippen LogP contribution >= 0.6 is 11.6 Å². The van der Waals surface area contributed by atoms with Crippen LogP contribution in [0.5, 0.6) is 5.75 Å². The molecule has 0 unspecified atom stereocenters. The van der Waals surface area contributed by atoms with E-state index in [1.54, 1.807) is 12.1 Å². The molecule has 1 heterocycles. The van der Waals surface area contributed by atoms with Crippen LogP contribution in [0.15, 0.2) is 42.6 Å². The lowest BCUT2D eigenvalue weighted by Crippen LogP contribution is -2.32. The lowest BCUT2D eigenvalue weighted by Gasteiger charge is -2.09. The Bertz CT molecular complexity index is 587. The van der Waals surface area contributed by atoms with Gasteiger partial charge in [0.25, 0.3) is 0 Å². The molecule has 0 bridgehead atoms. The van der Waals surface area contributed by atoms with E-state index in [1.165, 1.54) is 6.20 Å². The summed E-state index contributed by atoms with van der Waals surface area (Å²) in [6, 6.07) is 10.3. The molecular formula is C14H14ClN3O2. The van der Waals surface area contributed by atoms with Crippen molar-refractivity contribution < 1.29 is 9.53 Å². The van der Waals surface area contributed by atoms with Gasteiger partial charge in [-0.25, -0.2) is 9.78 Å². The monoisotopic (exact) mass is 291 g/mol. The molecule has 0 aliphatic rings. The van der Waals surface area contributed by atoms with Crippen LogP contribution in [0.25, 0.3) is 0 Å². The molecule has 0 spiro atoms. The van der Waals surface area contributed by atoms with Gasteiger partial charge in [0.1, 0.15) is 11.6 Å². The number of hydrogen-bond acceptors (Lipinski definition) is 3.